The van der Waals surface area contributed by atoms with Crippen molar-refractivity contribution in [2.45, 2.75) is 12.5 Å². The van der Waals surface area contributed by atoms with E-state index in [0.717, 1.165) is 43.5 Å². The van der Waals surface area contributed by atoms with E-state index >= 15 is 0 Å². The van der Waals surface area contributed by atoms with Gasteiger partial charge in [0.05, 0.1) is 44.7 Å². The highest BCUT2D eigenvalue weighted by Crippen LogP contribution is 2.26. The van der Waals surface area contributed by atoms with Crippen molar-refractivity contribution in [3.8, 4) is 0 Å². The Kier molecular flexibility index (Phi) is 4.95. The first-order valence-corrected chi connectivity index (χ1v) is 10.0. The van der Waals surface area contributed by atoms with Gasteiger partial charge in [-0.25, -0.2) is 4.98 Å². The molecule has 1 amide bonds. The minimum absolute atomic E-state index is 0.0472. The molecule has 0 unspecified atom stereocenters. The molecule has 0 aliphatic carbocycles. The van der Waals surface area contributed by atoms with Gasteiger partial charge in [0.2, 0.25) is 5.91 Å². The van der Waals surface area contributed by atoms with Crippen molar-refractivity contribution in [2.24, 2.45) is 0 Å². The molecular formula is C21H24N4O4. The van der Waals surface area contributed by atoms with E-state index in [1.54, 1.807) is 12.3 Å². The second-order valence-corrected chi connectivity index (χ2v) is 7.33. The number of hydrogen-bond acceptors (Lipinski definition) is 6. The Morgan fingerprint density at radius 3 is 2.83 bits per heavy atom. The molecule has 0 aromatic carbocycles. The topological polar surface area (TPSA) is 72.5 Å². The summed E-state index contributed by atoms with van der Waals surface area (Å²) in [6, 6.07) is 9.75. The molecular weight excluding hydrogens is 372 g/mol. The molecule has 0 saturated carbocycles. The molecule has 1 atom stereocenters. The van der Waals surface area contributed by atoms with E-state index in [9.17, 15) is 4.79 Å². The number of anilines is 1. The molecule has 152 valence electrons. The van der Waals surface area contributed by atoms with E-state index in [-0.39, 0.29) is 18.4 Å². The zero-order valence-corrected chi connectivity index (χ0v) is 16.2. The molecule has 2 aliphatic heterocycles. The number of aromatic nitrogens is 2. The second-order valence-electron chi connectivity index (χ2n) is 7.33. The Labute approximate surface area is 168 Å². The van der Waals surface area contributed by atoms with Crippen LogP contribution in [0.4, 0.5) is 5.82 Å². The maximum absolute atomic E-state index is 12.6. The van der Waals surface area contributed by atoms with Gasteiger partial charge in [0.1, 0.15) is 23.3 Å². The first-order chi connectivity index (χ1) is 14.3. The molecule has 2 aliphatic rings. The van der Waals surface area contributed by atoms with Gasteiger partial charge in [0.25, 0.3) is 0 Å². The molecule has 0 radical (unpaired) electrons. The highest BCUT2D eigenvalue weighted by atomic mass is 16.5. The number of fused-ring (bicyclic) bond motifs is 1. The van der Waals surface area contributed by atoms with Crippen LogP contribution < -0.4 is 4.90 Å². The summed E-state index contributed by atoms with van der Waals surface area (Å²) < 4.78 is 18.9. The number of hydrogen-bond donors (Lipinski definition) is 0. The molecule has 3 aromatic rings. The monoisotopic (exact) mass is 396 g/mol. The van der Waals surface area contributed by atoms with Crippen molar-refractivity contribution in [3.63, 3.8) is 0 Å². The molecule has 8 heteroatoms. The van der Waals surface area contributed by atoms with Gasteiger partial charge in [0.15, 0.2) is 0 Å². The number of rotatable bonds is 4. The van der Waals surface area contributed by atoms with Crippen LogP contribution >= 0.6 is 0 Å². The average molecular weight is 396 g/mol. The molecule has 8 nitrogen and oxygen atoms in total. The molecule has 3 aromatic heterocycles. The molecule has 0 N–H and O–H groups in total. The largest absolute Gasteiger partial charge is 0.469 e. The summed E-state index contributed by atoms with van der Waals surface area (Å²) in [5.41, 5.74) is 1.73. The minimum Gasteiger partial charge on any atom is -0.469 e. The maximum atomic E-state index is 12.6. The van der Waals surface area contributed by atoms with Crippen LogP contribution in [-0.2, 0) is 20.7 Å². The van der Waals surface area contributed by atoms with Crippen molar-refractivity contribution in [1.29, 1.82) is 0 Å². The number of imidazole rings is 1. The fraction of sp³-hybridized carbons (Fsp3) is 0.429. The summed E-state index contributed by atoms with van der Waals surface area (Å²) in [6.07, 6.45) is 3.66. The predicted molar refractivity (Wildman–Crippen MR) is 106 cm³/mol. The van der Waals surface area contributed by atoms with Crippen LogP contribution in [0.1, 0.15) is 17.6 Å². The summed E-state index contributed by atoms with van der Waals surface area (Å²) in [6.45, 7) is 4.77. The summed E-state index contributed by atoms with van der Waals surface area (Å²) in [5.74, 6) is 1.83. The summed E-state index contributed by atoms with van der Waals surface area (Å²) in [7, 11) is 0. The number of amides is 1. The number of nitrogens with zero attached hydrogens (tertiary/aromatic N) is 4. The van der Waals surface area contributed by atoms with Crippen LogP contribution in [0.5, 0.6) is 0 Å². The van der Waals surface area contributed by atoms with Crippen LogP contribution in [0.2, 0.25) is 0 Å². The van der Waals surface area contributed by atoms with Gasteiger partial charge in [-0.15, -0.1) is 0 Å². The number of morpholine rings is 2. The molecule has 2 saturated heterocycles. The minimum atomic E-state index is -0.234. The van der Waals surface area contributed by atoms with Crippen LogP contribution in [0.3, 0.4) is 0 Å². The van der Waals surface area contributed by atoms with Crippen molar-refractivity contribution in [3.05, 3.63) is 54.2 Å². The Hall–Kier alpha value is -2.84. The van der Waals surface area contributed by atoms with Crippen LogP contribution in [0, 0.1) is 0 Å². The van der Waals surface area contributed by atoms with Crippen LogP contribution in [0.15, 0.2) is 47.2 Å². The zero-order chi connectivity index (χ0) is 19.6. The van der Waals surface area contributed by atoms with Gasteiger partial charge in [0, 0.05) is 25.8 Å². The third kappa shape index (κ3) is 3.73. The lowest BCUT2D eigenvalue weighted by Crippen LogP contribution is -2.43. The van der Waals surface area contributed by atoms with E-state index in [2.05, 4.69) is 15.4 Å². The number of furan rings is 1. The predicted octanol–water partition coefficient (Wildman–Crippen LogP) is 1.91. The summed E-state index contributed by atoms with van der Waals surface area (Å²) >= 11 is 0. The number of pyridine rings is 1. The molecule has 29 heavy (non-hydrogen) atoms. The SMILES string of the molecule is O=C(Cc1ccco1)N1CCO[C@H](c2cn3c(N4CCOCC4)cccc3n2)C1. The van der Waals surface area contributed by atoms with Crippen molar-refractivity contribution in [2.75, 3.05) is 50.9 Å². The number of carbonyl (C=O) groups excluding carboxylic acids is 1. The van der Waals surface area contributed by atoms with Crippen molar-refractivity contribution < 1.29 is 18.7 Å². The van der Waals surface area contributed by atoms with Crippen LogP contribution in [-0.4, -0.2) is 66.2 Å². The lowest BCUT2D eigenvalue weighted by Gasteiger charge is -2.32. The Bertz CT molecular complexity index is 978. The van der Waals surface area contributed by atoms with E-state index < -0.39 is 0 Å². The second kappa shape index (κ2) is 7.88. The molecule has 0 bridgehead atoms. The third-order valence-corrected chi connectivity index (χ3v) is 5.48. The van der Waals surface area contributed by atoms with Gasteiger partial charge in [-0.1, -0.05) is 6.07 Å². The number of carbonyl (C=O) groups is 1. The Morgan fingerprint density at radius 1 is 1.10 bits per heavy atom. The van der Waals surface area contributed by atoms with Crippen molar-refractivity contribution in [1.82, 2.24) is 14.3 Å². The lowest BCUT2D eigenvalue weighted by molar-refractivity contribution is -0.138. The Balaban J connectivity index is 1.35. The molecule has 5 rings (SSSR count). The fourth-order valence-electron chi connectivity index (χ4n) is 3.95. The highest BCUT2D eigenvalue weighted by molar-refractivity contribution is 5.78. The Morgan fingerprint density at radius 2 is 2.00 bits per heavy atom. The maximum Gasteiger partial charge on any atom is 0.230 e. The molecule has 0 spiro atoms. The van der Waals surface area contributed by atoms with Gasteiger partial charge in [-0.3, -0.25) is 9.20 Å². The van der Waals surface area contributed by atoms with Crippen molar-refractivity contribution >= 4 is 17.4 Å². The summed E-state index contributed by atoms with van der Waals surface area (Å²) in [4.78, 5) is 21.6. The average Bonchev–Trinajstić information content (AvgIpc) is 3.44. The van der Waals surface area contributed by atoms with E-state index in [0.29, 0.717) is 25.5 Å². The fourth-order valence-corrected chi connectivity index (χ4v) is 3.95. The first-order valence-electron chi connectivity index (χ1n) is 10.0. The standard InChI is InChI=1S/C21H24N4O4/c26-21(13-16-3-2-9-28-16)24-8-12-29-18(15-24)17-14-25-19(22-17)4-1-5-20(25)23-6-10-27-11-7-23/h1-5,9,14,18H,6-8,10-13,15H2/t18-/m0/s1. The lowest BCUT2D eigenvalue weighted by atomic mass is 10.2. The van der Waals surface area contributed by atoms with Gasteiger partial charge in [-0.2, -0.15) is 0 Å². The quantitative estimate of drug-likeness (QED) is 0.671. The third-order valence-electron chi connectivity index (χ3n) is 5.48. The van der Waals surface area contributed by atoms with Gasteiger partial charge >= 0.3 is 0 Å². The molecule has 5 heterocycles. The zero-order valence-electron chi connectivity index (χ0n) is 16.2. The molecule has 2 fully saturated rings. The smallest absolute Gasteiger partial charge is 0.230 e. The van der Waals surface area contributed by atoms with Gasteiger partial charge in [-0.05, 0) is 24.3 Å². The number of ether oxygens (including phenoxy) is 2. The van der Waals surface area contributed by atoms with E-state index in [4.69, 9.17) is 18.9 Å². The van der Waals surface area contributed by atoms with E-state index in [1.807, 2.05) is 29.3 Å². The van der Waals surface area contributed by atoms with Gasteiger partial charge < -0.3 is 23.7 Å². The normalized spacial score (nSPS) is 20.3. The van der Waals surface area contributed by atoms with E-state index in [1.165, 1.54) is 0 Å². The first kappa shape index (κ1) is 18.2. The van der Waals surface area contributed by atoms with Crippen LogP contribution in [0.25, 0.3) is 5.65 Å². The summed E-state index contributed by atoms with van der Waals surface area (Å²) in [5, 5.41) is 0. The highest BCUT2D eigenvalue weighted by Gasteiger charge is 2.28.